The largest absolute Gasteiger partial charge is 0.354 e. The van der Waals surface area contributed by atoms with Gasteiger partial charge in [0.15, 0.2) is 0 Å². The van der Waals surface area contributed by atoms with Crippen LogP contribution in [0.5, 0.6) is 0 Å². The number of amides is 2. The fourth-order valence-electron chi connectivity index (χ4n) is 3.80. The third-order valence-corrected chi connectivity index (χ3v) is 5.25. The molecule has 1 atom stereocenters. The molecule has 1 unspecified atom stereocenters. The molecule has 4 rings (SSSR count). The molecule has 2 aliphatic heterocycles. The van der Waals surface area contributed by atoms with Crippen molar-refractivity contribution >= 4 is 17.5 Å². The van der Waals surface area contributed by atoms with Gasteiger partial charge in [0.2, 0.25) is 0 Å². The van der Waals surface area contributed by atoms with Crippen LogP contribution in [0.25, 0.3) is 0 Å². The van der Waals surface area contributed by atoms with Crippen LogP contribution >= 0.6 is 0 Å². The van der Waals surface area contributed by atoms with E-state index < -0.39 is 0 Å². The Kier molecular flexibility index (Phi) is 4.32. The van der Waals surface area contributed by atoms with Crippen LogP contribution in [-0.2, 0) is 6.54 Å². The highest BCUT2D eigenvalue weighted by Crippen LogP contribution is 2.34. The maximum absolute atomic E-state index is 12.8. The van der Waals surface area contributed by atoms with Crippen molar-refractivity contribution in [3.05, 3.63) is 59.4 Å². The molecule has 1 fully saturated rings. The van der Waals surface area contributed by atoms with Crippen molar-refractivity contribution in [2.45, 2.75) is 32.0 Å². The Morgan fingerprint density at radius 1 is 1.23 bits per heavy atom. The molecule has 1 N–H and O–H groups in total. The van der Waals surface area contributed by atoms with Crippen molar-refractivity contribution < 1.29 is 9.59 Å². The standard InChI is InChI=1S/C20H22N4O2/c1-23-17-12-15(19(25)22-13-14-7-9-21-10-8-14)5-6-16(17)20(26)24-11-3-2-4-18(23)24/h5-10,12,18H,2-4,11,13H2,1H3,(H,22,25). The molecule has 6 heteroatoms. The maximum Gasteiger partial charge on any atom is 0.257 e. The lowest BCUT2D eigenvalue weighted by Gasteiger charge is -2.46. The number of aromatic nitrogens is 1. The Morgan fingerprint density at radius 3 is 2.85 bits per heavy atom. The molecule has 3 heterocycles. The molecule has 1 saturated heterocycles. The Hall–Kier alpha value is -2.89. The minimum Gasteiger partial charge on any atom is -0.354 e. The summed E-state index contributed by atoms with van der Waals surface area (Å²) in [5.74, 6) is -0.0666. The molecule has 0 spiro atoms. The highest BCUT2D eigenvalue weighted by atomic mass is 16.2. The molecule has 2 amide bonds. The minimum atomic E-state index is -0.142. The van der Waals surface area contributed by atoms with Gasteiger partial charge in [-0.2, -0.15) is 0 Å². The van der Waals surface area contributed by atoms with Crippen molar-refractivity contribution in [3.8, 4) is 0 Å². The van der Waals surface area contributed by atoms with Crippen LogP contribution in [0, 0.1) is 0 Å². The number of benzene rings is 1. The lowest BCUT2D eigenvalue weighted by Crippen LogP contribution is -2.55. The van der Waals surface area contributed by atoms with E-state index in [0.29, 0.717) is 17.7 Å². The lowest BCUT2D eigenvalue weighted by molar-refractivity contribution is 0.0589. The fourth-order valence-corrected chi connectivity index (χ4v) is 3.80. The molecule has 1 aromatic heterocycles. The molecule has 134 valence electrons. The highest BCUT2D eigenvalue weighted by molar-refractivity contribution is 6.04. The van der Waals surface area contributed by atoms with Crippen LogP contribution in [0.15, 0.2) is 42.7 Å². The van der Waals surface area contributed by atoms with Gasteiger partial charge in [0.05, 0.1) is 11.3 Å². The van der Waals surface area contributed by atoms with Gasteiger partial charge in [-0.25, -0.2) is 0 Å². The van der Waals surface area contributed by atoms with Crippen molar-refractivity contribution in [2.75, 3.05) is 18.5 Å². The molecule has 1 aromatic carbocycles. The molecule has 0 saturated carbocycles. The van der Waals surface area contributed by atoms with Crippen molar-refractivity contribution in [1.29, 1.82) is 0 Å². The number of piperidine rings is 1. The summed E-state index contributed by atoms with van der Waals surface area (Å²) in [5.41, 5.74) is 3.09. The molecule has 0 bridgehead atoms. The van der Waals surface area contributed by atoms with Crippen molar-refractivity contribution in [2.24, 2.45) is 0 Å². The van der Waals surface area contributed by atoms with Crippen LogP contribution in [-0.4, -0.2) is 41.5 Å². The van der Waals surface area contributed by atoms with E-state index >= 15 is 0 Å². The van der Waals surface area contributed by atoms with Gasteiger partial charge in [-0.3, -0.25) is 14.6 Å². The quantitative estimate of drug-likeness (QED) is 0.923. The first-order chi connectivity index (χ1) is 12.6. The Labute approximate surface area is 152 Å². The van der Waals surface area contributed by atoms with Crippen molar-refractivity contribution in [3.63, 3.8) is 0 Å². The number of rotatable bonds is 3. The number of hydrogen-bond acceptors (Lipinski definition) is 4. The maximum atomic E-state index is 12.8. The summed E-state index contributed by atoms with van der Waals surface area (Å²) in [6, 6.07) is 9.09. The van der Waals surface area contributed by atoms with Gasteiger partial charge in [-0.15, -0.1) is 0 Å². The number of anilines is 1. The third-order valence-electron chi connectivity index (χ3n) is 5.25. The average Bonchev–Trinajstić information content (AvgIpc) is 2.70. The zero-order chi connectivity index (χ0) is 18.1. The first kappa shape index (κ1) is 16.6. The zero-order valence-corrected chi connectivity index (χ0v) is 14.8. The number of pyridine rings is 1. The van der Waals surface area contributed by atoms with Crippen molar-refractivity contribution in [1.82, 2.24) is 15.2 Å². The number of carbonyl (C=O) groups is 2. The molecular formula is C20H22N4O2. The number of nitrogens with zero attached hydrogens (tertiary/aromatic N) is 3. The second-order valence-corrected chi connectivity index (χ2v) is 6.86. The van der Waals surface area contributed by atoms with Gasteiger partial charge in [0.1, 0.15) is 6.17 Å². The van der Waals surface area contributed by atoms with Gasteiger partial charge in [-0.05, 0) is 55.2 Å². The zero-order valence-electron chi connectivity index (χ0n) is 14.8. The average molecular weight is 350 g/mol. The predicted octanol–water partition coefficient (Wildman–Crippen LogP) is 2.41. The second kappa shape index (κ2) is 6.78. The summed E-state index contributed by atoms with van der Waals surface area (Å²) in [6.07, 6.45) is 6.66. The Bertz CT molecular complexity index is 837. The third kappa shape index (κ3) is 2.92. The van der Waals surface area contributed by atoms with Crippen LogP contribution in [0.2, 0.25) is 0 Å². The first-order valence-electron chi connectivity index (χ1n) is 9.00. The SMILES string of the molecule is CN1c2cc(C(=O)NCc3ccncc3)ccc2C(=O)N2CCCCC21. The summed E-state index contributed by atoms with van der Waals surface area (Å²) < 4.78 is 0. The van der Waals surface area contributed by atoms with Gasteiger partial charge >= 0.3 is 0 Å². The van der Waals surface area contributed by atoms with E-state index in [4.69, 9.17) is 0 Å². The van der Waals surface area contributed by atoms with Gasteiger partial charge in [-0.1, -0.05) is 0 Å². The van der Waals surface area contributed by atoms with Crippen LogP contribution in [0.1, 0.15) is 45.5 Å². The van der Waals surface area contributed by atoms with E-state index in [1.54, 1.807) is 24.5 Å². The van der Waals surface area contributed by atoms with Crippen LogP contribution < -0.4 is 10.2 Å². The lowest BCUT2D eigenvalue weighted by atomic mass is 9.97. The van der Waals surface area contributed by atoms with E-state index in [1.807, 2.05) is 30.1 Å². The van der Waals surface area contributed by atoms with E-state index in [2.05, 4.69) is 15.2 Å². The molecular weight excluding hydrogens is 328 g/mol. The van der Waals surface area contributed by atoms with Crippen LogP contribution in [0.4, 0.5) is 5.69 Å². The molecule has 0 radical (unpaired) electrons. The molecule has 26 heavy (non-hydrogen) atoms. The summed E-state index contributed by atoms with van der Waals surface area (Å²) in [5, 5.41) is 2.92. The number of nitrogens with one attached hydrogen (secondary N) is 1. The molecule has 2 aromatic rings. The summed E-state index contributed by atoms with van der Waals surface area (Å²) in [4.78, 5) is 33.4. The highest BCUT2D eigenvalue weighted by Gasteiger charge is 2.37. The first-order valence-corrected chi connectivity index (χ1v) is 9.00. The van der Waals surface area contributed by atoms with E-state index in [-0.39, 0.29) is 18.0 Å². The topological polar surface area (TPSA) is 65.5 Å². The summed E-state index contributed by atoms with van der Waals surface area (Å²) >= 11 is 0. The molecule has 6 nitrogen and oxygen atoms in total. The Balaban J connectivity index is 1.56. The summed E-state index contributed by atoms with van der Waals surface area (Å²) in [7, 11) is 2.01. The molecule has 2 aliphatic rings. The second-order valence-electron chi connectivity index (χ2n) is 6.86. The normalized spacial score (nSPS) is 19.0. The number of fused-ring (bicyclic) bond motifs is 2. The molecule has 0 aliphatic carbocycles. The number of carbonyl (C=O) groups excluding carboxylic acids is 2. The summed E-state index contributed by atoms with van der Waals surface area (Å²) in [6.45, 7) is 1.26. The van der Waals surface area contributed by atoms with Crippen LogP contribution in [0.3, 0.4) is 0 Å². The van der Waals surface area contributed by atoms with Gasteiger partial charge in [0.25, 0.3) is 11.8 Å². The predicted molar refractivity (Wildman–Crippen MR) is 98.9 cm³/mol. The van der Waals surface area contributed by atoms with E-state index in [9.17, 15) is 9.59 Å². The van der Waals surface area contributed by atoms with Gasteiger partial charge in [0, 0.05) is 38.1 Å². The monoisotopic (exact) mass is 350 g/mol. The van der Waals surface area contributed by atoms with E-state index in [0.717, 1.165) is 37.1 Å². The fraction of sp³-hybridized carbons (Fsp3) is 0.350. The van der Waals surface area contributed by atoms with Gasteiger partial charge < -0.3 is 15.1 Å². The number of hydrogen-bond donors (Lipinski definition) is 1. The Morgan fingerprint density at radius 2 is 2.04 bits per heavy atom. The smallest absolute Gasteiger partial charge is 0.257 e. The minimum absolute atomic E-state index is 0.0755. The van der Waals surface area contributed by atoms with E-state index in [1.165, 1.54) is 0 Å².